The second kappa shape index (κ2) is 6.49. The first-order valence-electron chi connectivity index (χ1n) is 6.29. The summed E-state index contributed by atoms with van der Waals surface area (Å²) in [6.45, 7) is 19.3. The fraction of sp³-hybridized carbons (Fsp3) is 1.00. The molecule has 0 aromatic heterocycles. The van der Waals surface area contributed by atoms with Crippen LogP contribution in [-0.2, 0) is 0 Å². The van der Waals surface area contributed by atoms with Crippen molar-refractivity contribution in [3.8, 4) is 0 Å². The lowest BCUT2D eigenvalue weighted by atomic mass is 9.87. The number of nitrogens with zero attached hydrogens (tertiary/aromatic N) is 1. The molecule has 0 amide bonds. The summed E-state index contributed by atoms with van der Waals surface area (Å²) >= 11 is 0. The highest BCUT2D eigenvalue weighted by molar-refractivity contribution is 4.79. The van der Waals surface area contributed by atoms with Crippen LogP contribution in [0.25, 0.3) is 0 Å². The number of likely N-dealkylation sites (N-methyl/N-ethyl adjacent to an activating group) is 1. The average Bonchev–Trinajstić information content (AvgIpc) is 2.12. The molecule has 0 saturated carbocycles. The summed E-state index contributed by atoms with van der Waals surface area (Å²) in [7, 11) is 0. The molecular weight excluding hydrogens is 184 g/mol. The number of nitrogens with one attached hydrogen (secondary N) is 1. The maximum atomic E-state index is 3.68. The second-order valence-corrected chi connectivity index (χ2v) is 5.64. The third kappa shape index (κ3) is 6.16. The smallest absolute Gasteiger partial charge is 0.0169 e. The predicted octanol–water partition coefficient (Wildman–Crippen LogP) is 2.74. The van der Waals surface area contributed by atoms with E-state index >= 15 is 0 Å². The summed E-state index contributed by atoms with van der Waals surface area (Å²) < 4.78 is 0. The monoisotopic (exact) mass is 214 g/mol. The van der Waals surface area contributed by atoms with Gasteiger partial charge in [0.25, 0.3) is 0 Å². The van der Waals surface area contributed by atoms with E-state index in [1.165, 1.54) is 0 Å². The Hall–Kier alpha value is -0.0800. The van der Waals surface area contributed by atoms with E-state index in [4.69, 9.17) is 0 Å². The fourth-order valence-corrected chi connectivity index (χ4v) is 1.60. The lowest BCUT2D eigenvalue weighted by Gasteiger charge is -2.33. The highest BCUT2D eigenvalue weighted by Gasteiger charge is 2.21. The van der Waals surface area contributed by atoms with Crippen molar-refractivity contribution < 1.29 is 0 Å². The van der Waals surface area contributed by atoms with Crippen molar-refractivity contribution in [3.63, 3.8) is 0 Å². The zero-order chi connectivity index (χ0) is 12.1. The van der Waals surface area contributed by atoms with Crippen LogP contribution in [0, 0.1) is 5.41 Å². The minimum atomic E-state index is 0.345. The molecule has 0 aromatic rings. The molecule has 0 saturated heterocycles. The third-order valence-electron chi connectivity index (χ3n) is 3.26. The van der Waals surface area contributed by atoms with E-state index in [1.807, 2.05) is 0 Å². The largest absolute Gasteiger partial charge is 0.310 e. The summed E-state index contributed by atoms with van der Waals surface area (Å²) in [6.07, 6.45) is 0. The molecule has 2 unspecified atom stereocenters. The van der Waals surface area contributed by atoms with Crippen LogP contribution >= 0.6 is 0 Å². The van der Waals surface area contributed by atoms with Crippen LogP contribution in [0.2, 0.25) is 0 Å². The Morgan fingerprint density at radius 1 is 1.07 bits per heavy atom. The Balaban J connectivity index is 3.97. The summed E-state index contributed by atoms with van der Waals surface area (Å²) in [5, 5.41) is 3.68. The molecule has 0 fully saturated rings. The van der Waals surface area contributed by atoms with Gasteiger partial charge in [-0.15, -0.1) is 0 Å². The Morgan fingerprint density at radius 3 is 1.87 bits per heavy atom. The quantitative estimate of drug-likeness (QED) is 0.731. The molecule has 0 heterocycles. The SMILES string of the molecule is CCN(CC)CC(C)NC(C)C(C)(C)C. The first-order valence-corrected chi connectivity index (χ1v) is 6.29. The van der Waals surface area contributed by atoms with Crippen LogP contribution in [-0.4, -0.2) is 36.6 Å². The molecule has 2 nitrogen and oxygen atoms in total. The molecule has 0 aliphatic carbocycles. The van der Waals surface area contributed by atoms with Crippen molar-refractivity contribution in [1.29, 1.82) is 0 Å². The van der Waals surface area contributed by atoms with E-state index in [1.54, 1.807) is 0 Å². The van der Waals surface area contributed by atoms with Crippen molar-refractivity contribution in [2.24, 2.45) is 5.41 Å². The summed E-state index contributed by atoms with van der Waals surface area (Å²) in [6, 6.07) is 1.13. The van der Waals surface area contributed by atoms with Crippen LogP contribution in [0.1, 0.15) is 48.5 Å². The van der Waals surface area contributed by atoms with Gasteiger partial charge in [-0.1, -0.05) is 34.6 Å². The molecule has 0 spiro atoms. The van der Waals surface area contributed by atoms with Gasteiger partial charge >= 0.3 is 0 Å². The van der Waals surface area contributed by atoms with Gasteiger partial charge in [-0.05, 0) is 32.4 Å². The van der Waals surface area contributed by atoms with E-state index in [0.717, 1.165) is 19.6 Å². The fourth-order valence-electron chi connectivity index (χ4n) is 1.60. The van der Waals surface area contributed by atoms with Gasteiger partial charge in [0.05, 0.1) is 0 Å². The van der Waals surface area contributed by atoms with Gasteiger partial charge < -0.3 is 10.2 Å². The molecule has 0 rings (SSSR count). The van der Waals surface area contributed by atoms with Crippen molar-refractivity contribution in [3.05, 3.63) is 0 Å². The molecule has 15 heavy (non-hydrogen) atoms. The first kappa shape index (κ1) is 14.9. The maximum Gasteiger partial charge on any atom is 0.0169 e. The summed E-state index contributed by atoms with van der Waals surface area (Å²) in [4.78, 5) is 2.47. The van der Waals surface area contributed by atoms with Gasteiger partial charge in [-0.2, -0.15) is 0 Å². The molecule has 92 valence electrons. The second-order valence-electron chi connectivity index (χ2n) is 5.64. The summed E-state index contributed by atoms with van der Waals surface area (Å²) in [5.41, 5.74) is 0.345. The molecule has 0 aromatic carbocycles. The Bertz CT molecular complexity index is 156. The van der Waals surface area contributed by atoms with Gasteiger partial charge in [-0.3, -0.25) is 0 Å². The minimum Gasteiger partial charge on any atom is -0.310 e. The van der Waals surface area contributed by atoms with Crippen LogP contribution < -0.4 is 5.32 Å². The molecule has 0 aliphatic rings. The van der Waals surface area contributed by atoms with E-state index in [0.29, 0.717) is 17.5 Å². The topological polar surface area (TPSA) is 15.3 Å². The number of rotatable bonds is 6. The van der Waals surface area contributed by atoms with E-state index in [9.17, 15) is 0 Å². The van der Waals surface area contributed by atoms with Gasteiger partial charge in [0, 0.05) is 18.6 Å². The van der Waals surface area contributed by atoms with Crippen molar-refractivity contribution in [2.45, 2.75) is 60.5 Å². The normalized spacial score (nSPS) is 16.8. The van der Waals surface area contributed by atoms with E-state index < -0.39 is 0 Å². The van der Waals surface area contributed by atoms with E-state index in [-0.39, 0.29) is 0 Å². The molecular formula is C13H30N2. The zero-order valence-electron chi connectivity index (χ0n) is 11.7. The number of hydrogen-bond acceptors (Lipinski definition) is 2. The lowest BCUT2D eigenvalue weighted by Crippen LogP contribution is -2.47. The first-order chi connectivity index (χ1) is 6.81. The minimum absolute atomic E-state index is 0.345. The molecule has 0 bridgehead atoms. The van der Waals surface area contributed by atoms with Crippen LogP contribution in [0.15, 0.2) is 0 Å². The highest BCUT2D eigenvalue weighted by atomic mass is 15.1. The van der Waals surface area contributed by atoms with Crippen molar-refractivity contribution >= 4 is 0 Å². The molecule has 2 heteroatoms. The van der Waals surface area contributed by atoms with Crippen molar-refractivity contribution in [2.75, 3.05) is 19.6 Å². The third-order valence-corrected chi connectivity index (χ3v) is 3.26. The van der Waals surface area contributed by atoms with Crippen LogP contribution in [0.5, 0.6) is 0 Å². The van der Waals surface area contributed by atoms with Crippen LogP contribution in [0.4, 0.5) is 0 Å². The van der Waals surface area contributed by atoms with Crippen molar-refractivity contribution in [1.82, 2.24) is 10.2 Å². The summed E-state index contributed by atoms with van der Waals surface area (Å²) in [5.74, 6) is 0. The van der Waals surface area contributed by atoms with Gasteiger partial charge in [0.15, 0.2) is 0 Å². The lowest BCUT2D eigenvalue weighted by molar-refractivity contribution is 0.222. The predicted molar refractivity (Wildman–Crippen MR) is 69.3 cm³/mol. The number of hydrogen-bond donors (Lipinski definition) is 1. The maximum absolute atomic E-state index is 3.68. The Labute approximate surface area is 96.4 Å². The Kier molecular flexibility index (Phi) is 6.46. The molecule has 0 radical (unpaired) electrons. The molecule has 2 atom stereocenters. The van der Waals surface area contributed by atoms with Gasteiger partial charge in [0.2, 0.25) is 0 Å². The highest BCUT2D eigenvalue weighted by Crippen LogP contribution is 2.18. The molecule has 0 aliphatic heterocycles. The Morgan fingerprint density at radius 2 is 1.53 bits per heavy atom. The zero-order valence-corrected chi connectivity index (χ0v) is 11.7. The van der Waals surface area contributed by atoms with Crippen LogP contribution in [0.3, 0.4) is 0 Å². The van der Waals surface area contributed by atoms with Gasteiger partial charge in [-0.25, -0.2) is 0 Å². The molecule has 1 N–H and O–H groups in total. The standard InChI is InChI=1S/C13H30N2/c1-8-15(9-2)10-11(3)14-12(4)13(5,6)7/h11-12,14H,8-10H2,1-7H3. The van der Waals surface area contributed by atoms with E-state index in [2.05, 4.69) is 58.7 Å². The average molecular weight is 214 g/mol. The van der Waals surface area contributed by atoms with Gasteiger partial charge in [0.1, 0.15) is 0 Å².